The van der Waals surface area contributed by atoms with Gasteiger partial charge in [-0.2, -0.15) is 0 Å². The van der Waals surface area contributed by atoms with Gasteiger partial charge < -0.3 is 15.0 Å². The summed E-state index contributed by atoms with van der Waals surface area (Å²) in [5, 5.41) is 3.21. The van der Waals surface area contributed by atoms with Crippen LogP contribution in [-0.4, -0.2) is 43.3 Å². The lowest BCUT2D eigenvalue weighted by molar-refractivity contribution is 0.0666. The topological polar surface area (TPSA) is 41.6 Å². The van der Waals surface area contributed by atoms with E-state index in [9.17, 15) is 13.6 Å². The molecule has 9 heteroatoms. The van der Waals surface area contributed by atoms with E-state index in [1.54, 1.807) is 23.8 Å². The minimum Gasteiger partial charge on any atom is -0.496 e. The van der Waals surface area contributed by atoms with Crippen LogP contribution in [0.15, 0.2) is 59.5 Å². The molecule has 41 heavy (non-hydrogen) atoms. The van der Waals surface area contributed by atoms with Gasteiger partial charge in [-0.15, -0.1) is 23.1 Å². The number of carbonyl (C=O) groups is 1. The van der Waals surface area contributed by atoms with Gasteiger partial charge in [-0.25, -0.2) is 8.78 Å². The highest BCUT2D eigenvalue weighted by atomic mass is 35.5. The summed E-state index contributed by atoms with van der Waals surface area (Å²) in [4.78, 5) is 17.2. The van der Waals surface area contributed by atoms with Crippen LogP contribution in [0, 0.1) is 11.6 Å². The third kappa shape index (κ3) is 6.88. The molecule has 0 saturated heterocycles. The third-order valence-electron chi connectivity index (χ3n) is 7.53. The number of benzene rings is 3. The molecule has 0 aliphatic carbocycles. The van der Waals surface area contributed by atoms with Crippen molar-refractivity contribution in [3.8, 4) is 16.9 Å². The number of hydrogen-bond donors (Lipinski definition) is 1. The van der Waals surface area contributed by atoms with Crippen molar-refractivity contribution in [1.82, 2.24) is 10.2 Å². The molecule has 0 bridgehead atoms. The van der Waals surface area contributed by atoms with Gasteiger partial charge in [-0.3, -0.25) is 4.79 Å². The third-order valence-corrected chi connectivity index (χ3v) is 9.93. The Kier molecular flexibility index (Phi) is 10.7. The lowest BCUT2D eigenvalue weighted by Crippen LogP contribution is -2.39. The number of methoxy groups -OCH3 is 1. The largest absolute Gasteiger partial charge is 0.496 e. The monoisotopic (exact) mass is 616 g/mol. The Balaban J connectivity index is 1.76. The van der Waals surface area contributed by atoms with Gasteiger partial charge in [0.25, 0.3) is 5.91 Å². The standard InChI is InChI=1S/C32H35ClF2N2O2S2/c1-6-23(36-3)12-10-19(2)37(32(38)31-29(33)28-25(34)13-14-26(35)30(28)41-31)18-22-16-21(11-15-27(22)39-4)20-8-7-9-24(17-20)40-5/h7-9,11,13-17,19,23,36H,6,10,12,18H2,1-5H3/t19-,23-/m0/s1. The molecule has 0 fully saturated rings. The molecular formula is C32H35ClF2N2O2S2. The Labute approximate surface area is 254 Å². The van der Waals surface area contributed by atoms with Crippen LogP contribution < -0.4 is 10.1 Å². The molecule has 3 aromatic carbocycles. The van der Waals surface area contributed by atoms with E-state index >= 15 is 0 Å². The van der Waals surface area contributed by atoms with Crippen molar-refractivity contribution in [2.75, 3.05) is 20.4 Å². The van der Waals surface area contributed by atoms with Gasteiger partial charge in [-0.05, 0) is 87.0 Å². The van der Waals surface area contributed by atoms with E-state index in [0.29, 0.717) is 11.8 Å². The average Bonchev–Trinajstić information content (AvgIpc) is 3.35. The molecule has 1 aromatic heterocycles. The van der Waals surface area contributed by atoms with Gasteiger partial charge in [0.15, 0.2) is 0 Å². The zero-order valence-electron chi connectivity index (χ0n) is 23.9. The summed E-state index contributed by atoms with van der Waals surface area (Å²) >= 11 is 9.13. The molecule has 1 amide bonds. The first-order chi connectivity index (χ1) is 19.7. The molecule has 1 N–H and O–H groups in total. The molecule has 4 aromatic rings. The molecule has 0 spiro atoms. The summed E-state index contributed by atoms with van der Waals surface area (Å²) in [5.74, 6) is -0.964. The van der Waals surface area contributed by atoms with Crippen LogP contribution in [-0.2, 0) is 6.54 Å². The van der Waals surface area contributed by atoms with Crippen molar-refractivity contribution in [2.45, 2.75) is 56.6 Å². The minimum absolute atomic E-state index is 0.0421. The predicted molar refractivity (Wildman–Crippen MR) is 169 cm³/mol. The maximum Gasteiger partial charge on any atom is 0.266 e. The van der Waals surface area contributed by atoms with Crippen molar-refractivity contribution in [3.05, 3.63) is 81.7 Å². The van der Waals surface area contributed by atoms with E-state index in [1.807, 2.05) is 44.5 Å². The average molecular weight is 617 g/mol. The molecule has 0 aliphatic rings. The van der Waals surface area contributed by atoms with Gasteiger partial charge in [0, 0.05) is 29.1 Å². The van der Waals surface area contributed by atoms with Crippen molar-refractivity contribution in [1.29, 1.82) is 0 Å². The van der Waals surface area contributed by atoms with Gasteiger partial charge >= 0.3 is 0 Å². The van der Waals surface area contributed by atoms with Gasteiger partial charge in [0.2, 0.25) is 0 Å². The minimum atomic E-state index is -0.650. The SMILES string of the molecule is CC[C@@H](CC[C@H](C)N(Cc1cc(-c2cccc(SC)c2)ccc1OC)C(=O)c1sc2c(F)ccc(F)c2c1Cl)NC. The highest BCUT2D eigenvalue weighted by molar-refractivity contribution is 7.98. The Hall–Kier alpha value is -2.65. The lowest BCUT2D eigenvalue weighted by atomic mass is 10.0. The number of fused-ring (bicyclic) bond motifs is 1. The second kappa shape index (κ2) is 14.0. The lowest BCUT2D eigenvalue weighted by Gasteiger charge is -2.31. The smallest absolute Gasteiger partial charge is 0.266 e. The summed E-state index contributed by atoms with van der Waals surface area (Å²) in [7, 11) is 3.54. The maximum atomic E-state index is 14.7. The van der Waals surface area contributed by atoms with E-state index in [2.05, 4.69) is 30.4 Å². The van der Waals surface area contributed by atoms with Gasteiger partial charge in [0.05, 0.1) is 22.2 Å². The molecule has 0 unspecified atom stereocenters. The first-order valence-corrected chi connectivity index (χ1v) is 16.0. The number of nitrogens with one attached hydrogen (secondary N) is 1. The van der Waals surface area contributed by atoms with Crippen molar-refractivity contribution < 1.29 is 18.3 Å². The van der Waals surface area contributed by atoms with Crippen LogP contribution in [0.5, 0.6) is 5.75 Å². The summed E-state index contributed by atoms with van der Waals surface area (Å²) < 4.78 is 35.0. The first-order valence-electron chi connectivity index (χ1n) is 13.6. The van der Waals surface area contributed by atoms with Crippen molar-refractivity contribution in [3.63, 3.8) is 0 Å². The number of rotatable bonds is 12. The zero-order chi connectivity index (χ0) is 29.7. The number of amides is 1. The number of carbonyl (C=O) groups excluding carboxylic acids is 1. The number of halogens is 3. The van der Waals surface area contributed by atoms with E-state index < -0.39 is 11.6 Å². The summed E-state index contributed by atoms with van der Waals surface area (Å²) in [6.07, 6.45) is 4.59. The highest BCUT2D eigenvalue weighted by Crippen LogP contribution is 2.40. The number of ether oxygens (including phenoxy) is 1. The molecule has 0 saturated carbocycles. The van der Waals surface area contributed by atoms with Crippen LogP contribution in [0.4, 0.5) is 8.78 Å². The molecule has 4 nitrogen and oxygen atoms in total. The number of hydrogen-bond acceptors (Lipinski definition) is 5. The Morgan fingerprint density at radius 2 is 1.83 bits per heavy atom. The van der Waals surface area contributed by atoms with Crippen LogP contribution >= 0.6 is 34.7 Å². The predicted octanol–water partition coefficient (Wildman–Crippen LogP) is 9.04. The van der Waals surface area contributed by atoms with Crippen LogP contribution in [0.3, 0.4) is 0 Å². The van der Waals surface area contributed by atoms with Crippen molar-refractivity contribution in [2.24, 2.45) is 0 Å². The molecule has 1 heterocycles. The second-order valence-corrected chi connectivity index (χ2v) is 12.3. The molecule has 0 aliphatic heterocycles. The van der Waals surface area contributed by atoms with Gasteiger partial charge in [-0.1, -0.05) is 36.7 Å². The van der Waals surface area contributed by atoms with E-state index in [0.717, 1.165) is 64.3 Å². The zero-order valence-corrected chi connectivity index (χ0v) is 26.3. The normalized spacial score (nSPS) is 12.9. The van der Waals surface area contributed by atoms with Crippen LogP contribution in [0.1, 0.15) is 48.3 Å². The highest BCUT2D eigenvalue weighted by Gasteiger charge is 2.29. The first kappa shape index (κ1) is 31.3. The van der Waals surface area contributed by atoms with Crippen molar-refractivity contribution >= 4 is 50.7 Å². The van der Waals surface area contributed by atoms with E-state index in [1.165, 1.54) is 0 Å². The van der Waals surface area contributed by atoms with Crippen LogP contribution in [0.2, 0.25) is 5.02 Å². The van der Waals surface area contributed by atoms with Crippen LogP contribution in [0.25, 0.3) is 21.2 Å². The Bertz CT molecular complexity index is 1520. The summed E-state index contributed by atoms with van der Waals surface area (Å²) in [6.45, 7) is 4.36. The molecule has 218 valence electrons. The summed E-state index contributed by atoms with van der Waals surface area (Å²) in [6, 6.07) is 16.5. The maximum absolute atomic E-state index is 14.7. The molecule has 0 radical (unpaired) electrons. The number of nitrogens with zero attached hydrogens (tertiary/aromatic N) is 1. The van der Waals surface area contributed by atoms with E-state index in [-0.39, 0.29) is 38.5 Å². The molecule has 4 rings (SSSR count). The van der Waals surface area contributed by atoms with Gasteiger partial charge in [0.1, 0.15) is 22.3 Å². The number of thiophene rings is 1. The fourth-order valence-corrected chi connectivity index (χ4v) is 6.98. The molecule has 2 atom stereocenters. The summed E-state index contributed by atoms with van der Waals surface area (Å²) in [5.41, 5.74) is 2.89. The van der Waals surface area contributed by atoms with E-state index in [4.69, 9.17) is 16.3 Å². The Morgan fingerprint density at radius 3 is 2.49 bits per heavy atom. The fourth-order valence-electron chi connectivity index (χ4n) is 5.01. The number of thioether (sulfide) groups is 1. The Morgan fingerprint density at radius 1 is 1.10 bits per heavy atom. The fraction of sp³-hybridized carbons (Fsp3) is 0.344. The molecular weight excluding hydrogens is 582 g/mol. The quantitative estimate of drug-likeness (QED) is 0.161. The second-order valence-electron chi connectivity index (χ2n) is 9.99.